The molecule has 1 aliphatic rings. The van der Waals surface area contributed by atoms with Gasteiger partial charge in [-0.2, -0.15) is 5.26 Å². The van der Waals surface area contributed by atoms with Crippen molar-refractivity contribution in [1.82, 2.24) is 4.90 Å². The molecule has 0 aliphatic carbocycles. The molecule has 0 saturated heterocycles. The summed E-state index contributed by atoms with van der Waals surface area (Å²) in [5.41, 5.74) is 2.53. The second-order valence-corrected chi connectivity index (χ2v) is 6.89. The van der Waals surface area contributed by atoms with Crippen LogP contribution in [-0.4, -0.2) is 48.9 Å². The van der Waals surface area contributed by atoms with Crippen LogP contribution in [0.1, 0.15) is 39.7 Å². The van der Waals surface area contributed by atoms with Gasteiger partial charge in [0.2, 0.25) is 0 Å². The molecule has 7 heteroatoms. The van der Waals surface area contributed by atoms with Crippen LogP contribution in [0.4, 0.5) is 5.69 Å². The van der Waals surface area contributed by atoms with Gasteiger partial charge >= 0.3 is 5.97 Å². The molecule has 0 radical (unpaired) electrons. The fourth-order valence-electron chi connectivity index (χ4n) is 3.31. The molecule has 0 saturated carbocycles. The molecule has 0 unspecified atom stereocenters. The van der Waals surface area contributed by atoms with E-state index in [2.05, 4.69) is 18.7 Å². The Morgan fingerprint density at radius 3 is 2.33 bits per heavy atom. The maximum Gasteiger partial charge on any atom is 0.302 e. The summed E-state index contributed by atoms with van der Waals surface area (Å²) in [4.78, 5) is 39.7. The molecular weight excluding hydrogens is 382 g/mol. The zero-order valence-electron chi connectivity index (χ0n) is 17.9. The minimum absolute atomic E-state index is 0.0481. The van der Waals surface area contributed by atoms with Gasteiger partial charge in [0.05, 0.1) is 6.61 Å². The third-order valence-electron chi connectivity index (χ3n) is 4.99. The van der Waals surface area contributed by atoms with E-state index in [0.717, 1.165) is 29.2 Å². The molecule has 1 aromatic carbocycles. The molecular formula is C23H27N3O4. The number of nitrogens with zero attached hydrogens (tertiary/aromatic N) is 3. The number of benzene rings is 1. The fourth-order valence-corrected chi connectivity index (χ4v) is 3.31. The number of esters is 1. The number of rotatable bonds is 8. The van der Waals surface area contributed by atoms with E-state index in [9.17, 15) is 19.6 Å². The third kappa shape index (κ3) is 5.15. The van der Waals surface area contributed by atoms with Crippen molar-refractivity contribution in [2.45, 2.75) is 34.1 Å². The van der Waals surface area contributed by atoms with Gasteiger partial charge in [0.25, 0.3) is 11.8 Å². The van der Waals surface area contributed by atoms with Crippen LogP contribution in [0.25, 0.3) is 6.08 Å². The molecule has 2 amide bonds. The Morgan fingerprint density at radius 1 is 1.17 bits per heavy atom. The average molecular weight is 409 g/mol. The Morgan fingerprint density at radius 2 is 1.80 bits per heavy atom. The monoisotopic (exact) mass is 409 g/mol. The summed E-state index contributed by atoms with van der Waals surface area (Å²) in [6.45, 7) is 9.05. The minimum atomic E-state index is -0.614. The first-order chi connectivity index (χ1) is 14.3. The second kappa shape index (κ2) is 10.4. The lowest BCUT2D eigenvalue weighted by Crippen LogP contribution is -2.43. The average Bonchev–Trinajstić information content (AvgIpc) is 2.72. The topological polar surface area (TPSA) is 90.7 Å². The summed E-state index contributed by atoms with van der Waals surface area (Å²) >= 11 is 0. The summed E-state index contributed by atoms with van der Waals surface area (Å²) < 4.78 is 4.87. The molecule has 0 bridgehead atoms. The maximum absolute atomic E-state index is 13.0. The third-order valence-corrected chi connectivity index (χ3v) is 4.99. The van der Waals surface area contributed by atoms with Crippen molar-refractivity contribution >= 4 is 29.5 Å². The molecule has 2 rings (SSSR count). The standard InChI is InChI=1S/C23H27N3O4/c1-5-25(6-2)19-10-8-18(9-11-19)14-20-16(3)21(15-24)23(29)26(22(20)28)12-7-13-30-17(4)27/h8-11,14H,5-7,12-13H2,1-4H3/b20-14+. The lowest BCUT2D eigenvalue weighted by molar-refractivity contribution is -0.141. The largest absolute Gasteiger partial charge is 0.466 e. The van der Waals surface area contributed by atoms with Gasteiger partial charge in [0.15, 0.2) is 0 Å². The predicted octanol–water partition coefficient (Wildman–Crippen LogP) is 3.08. The fraction of sp³-hybridized carbons (Fsp3) is 0.391. The zero-order valence-corrected chi connectivity index (χ0v) is 17.9. The van der Waals surface area contributed by atoms with Gasteiger partial charge in [-0.15, -0.1) is 0 Å². The first kappa shape index (κ1) is 22.9. The molecule has 0 atom stereocenters. The van der Waals surface area contributed by atoms with Crippen LogP contribution in [0.3, 0.4) is 0 Å². The Labute approximate surface area is 177 Å². The number of ether oxygens (including phenoxy) is 1. The number of imide groups is 1. The first-order valence-corrected chi connectivity index (χ1v) is 10.0. The molecule has 0 spiro atoms. The molecule has 0 N–H and O–H groups in total. The highest BCUT2D eigenvalue weighted by molar-refractivity contribution is 6.19. The van der Waals surface area contributed by atoms with Gasteiger partial charge in [-0.1, -0.05) is 12.1 Å². The lowest BCUT2D eigenvalue weighted by atomic mass is 9.93. The highest BCUT2D eigenvalue weighted by Crippen LogP contribution is 2.27. The molecule has 1 aliphatic heterocycles. The van der Waals surface area contributed by atoms with E-state index in [1.54, 1.807) is 13.0 Å². The van der Waals surface area contributed by atoms with Crippen molar-refractivity contribution in [3.63, 3.8) is 0 Å². The van der Waals surface area contributed by atoms with Crippen LogP contribution in [0, 0.1) is 11.3 Å². The van der Waals surface area contributed by atoms with Crippen LogP contribution < -0.4 is 4.90 Å². The van der Waals surface area contributed by atoms with Gasteiger partial charge < -0.3 is 9.64 Å². The smallest absolute Gasteiger partial charge is 0.302 e. The van der Waals surface area contributed by atoms with Crippen LogP contribution >= 0.6 is 0 Å². The van der Waals surface area contributed by atoms with Crippen LogP contribution in [0.15, 0.2) is 41.0 Å². The van der Waals surface area contributed by atoms with Crippen molar-refractivity contribution in [2.24, 2.45) is 0 Å². The number of hydrogen-bond donors (Lipinski definition) is 0. The summed E-state index contributed by atoms with van der Waals surface area (Å²) in [5, 5.41) is 9.45. The Kier molecular flexibility index (Phi) is 7.93. The Balaban J connectivity index is 2.31. The first-order valence-electron chi connectivity index (χ1n) is 10.0. The quantitative estimate of drug-likeness (QED) is 0.284. The van der Waals surface area contributed by atoms with Gasteiger partial charge in [0, 0.05) is 37.8 Å². The van der Waals surface area contributed by atoms with E-state index in [4.69, 9.17) is 4.74 Å². The van der Waals surface area contributed by atoms with Gasteiger partial charge in [0.1, 0.15) is 11.6 Å². The van der Waals surface area contributed by atoms with Gasteiger partial charge in [-0.25, -0.2) is 0 Å². The number of nitriles is 1. The number of anilines is 1. The number of carbonyl (C=O) groups is 3. The van der Waals surface area contributed by atoms with E-state index < -0.39 is 17.8 Å². The van der Waals surface area contributed by atoms with E-state index in [0.29, 0.717) is 17.6 Å². The Hall–Kier alpha value is -3.40. The summed E-state index contributed by atoms with van der Waals surface area (Å²) in [6.07, 6.45) is 2.01. The highest BCUT2D eigenvalue weighted by Gasteiger charge is 2.35. The van der Waals surface area contributed by atoms with Crippen molar-refractivity contribution in [2.75, 3.05) is 31.1 Å². The lowest BCUT2D eigenvalue weighted by Gasteiger charge is -2.27. The predicted molar refractivity (Wildman–Crippen MR) is 114 cm³/mol. The van der Waals surface area contributed by atoms with Gasteiger partial charge in [-0.05, 0) is 56.5 Å². The summed E-state index contributed by atoms with van der Waals surface area (Å²) in [7, 11) is 0. The Bertz CT molecular complexity index is 919. The zero-order chi connectivity index (χ0) is 22.3. The number of hydrogen-bond acceptors (Lipinski definition) is 6. The molecule has 7 nitrogen and oxygen atoms in total. The number of amides is 2. The van der Waals surface area contributed by atoms with Crippen LogP contribution in [0.5, 0.6) is 0 Å². The van der Waals surface area contributed by atoms with E-state index >= 15 is 0 Å². The molecule has 30 heavy (non-hydrogen) atoms. The van der Waals surface area contributed by atoms with E-state index in [1.165, 1.54) is 6.92 Å². The number of carbonyl (C=O) groups excluding carboxylic acids is 3. The van der Waals surface area contributed by atoms with E-state index in [1.807, 2.05) is 30.3 Å². The normalized spacial score (nSPS) is 15.4. The van der Waals surface area contributed by atoms with Crippen molar-refractivity contribution in [3.05, 3.63) is 46.5 Å². The van der Waals surface area contributed by atoms with Crippen molar-refractivity contribution in [1.29, 1.82) is 5.26 Å². The van der Waals surface area contributed by atoms with Crippen molar-refractivity contribution in [3.8, 4) is 6.07 Å². The van der Waals surface area contributed by atoms with Crippen LogP contribution in [0.2, 0.25) is 0 Å². The second-order valence-electron chi connectivity index (χ2n) is 6.89. The van der Waals surface area contributed by atoms with Gasteiger partial charge in [-0.3, -0.25) is 19.3 Å². The molecule has 1 aromatic rings. The summed E-state index contributed by atoms with van der Waals surface area (Å²) in [6, 6.07) is 9.71. The summed E-state index contributed by atoms with van der Waals surface area (Å²) in [5.74, 6) is -1.49. The van der Waals surface area contributed by atoms with Crippen molar-refractivity contribution < 1.29 is 19.1 Å². The minimum Gasteiger partial charge on any atom is -0.466 e. The molecule has 158 valence electrons. The van der Waals surface area contributed by atoms with Crippen LogP contribution in [-0.2, 0) is 19.1 Å². The SMILES string of the molecule is CCN(CC)c1ccc(/C=C2/C(=O)N(CCCOC(C)=O)C(=O)C(C#N)=C2C)cc1. The molecule has 1 heterocycles. The maximum atomic E-state index is 13.0. The molecule has 0 aromatic heterocycles. The van der Waals surface area contributed by atoms with E-state index in [-0.39, 0.29) is 18.7 Å². The highest BCUT2D eigenvalue weighted by atomic mass is 16.5. The molecule has 0 fully saturated rings.